The normalized spacial score (nSPS) is 13.0. The molecule has 0 radical (unpaired) electrons. The van der Waals surface area contributed by atoms with Crippen molar-refractivity contribution >= 4 is 5.91 Å². The molecule has 0 aliphatic rings. The number of rotatable bonds is 6. The Morgan fingerprint density at radius 1 is 1.50 bits per heavy atom. The lowest BCUT2D eigenvalue weighted by Gasteiger charge is -2.17. The summed E-state index contributed by atoms with van der Waals surface area (Å²) in [7, 11) is 1.77. The maximum Gasteiger partial charge on any atom is 0.236 e. The number of likely N-dealkylation sites (N-methyl/N-ethyl adjacent to an activating group) is 1. The zero-order chi connectivity index (χ0) is 11.1. The van der Waals surface area contributed by atoms with Gasteiger partial charge >= 0.3 is 0 Å². The molecule has 0 aromatic heterocycles. The Bertz CT molecular complexity index is 172. The van der Waals surface area contributed by atoms with Gasteiger partial charge in [-0.3, -0.25) is 4.79 Å². The van der Waals surface area contributed by atoms with Crippen LogP contribution >= 0.6 is 0 Å². The Balaban J connectivity index is 3.59. The summed E-state index contributed by atoms with van der Waals surface area (Å²) >= 11 is 0. The quantitative estimate of drug-likeness (QED) is 0.641. The predicted octanol–water partition coefficient (Wildman–Crippen LogP) is 0.0712. The van der Waals surface area contributed by atoms with Crippen molar-refractivity contribution in [3.05, 3.63) is 0 Å². The summed E-state index contributed by atoms with van der Waals surface area (Å²) in [6.07, 6.45) is -0.380. The van der Waals surface area contributed by atoms with Crippen LogP contribution in [0.4, 0.5) is 0 Å². The first-order valence-electron chi connectivity index (χ1n) is 5.11. The van der Waals surface area contributed by atoms with Gasteiger partial charge in [0.1, 0.15) is 0 Å². The summed E-state index contributed by atoms with van der Waals surface area (Å²) < 4.78 is 0. The molecule has 4 heteroatoms. The number of aliphatic hydroxyl groups is 1. The van der Waals surface area contributed by atoms with Crippen LogP contribution in [0.3, 0.4) is 0 Å². The minimum absolute atomic E-state index is 0.0588. The zero-order valence-electron chi connectivity index (χ0n) is 9.58. The molecule has 4 nitrogen and oxygen atoms in total. The second-order valence-electron chi connectivity index (χ2n) is 3.85. The molecule has 0 saturated carbocycles. The highest BCUT2D eigenvalue weighted by Crippen LogP contribution is 1.98. The van der Waals surface area contributed by atoms with Gasteiger partial charge in [0.25, 0.3) is 0 Å². The van der Waals surface area contributed by atoms with Crippen LogP contribution in [0.25, 0.3) is 0 Å². The maximum absolute atomic E-state index is 11.3. The molecule has 0 rings (SSSR count). The van der Waals surface area contributed by atoms with Gasteiger partial charge < -0.3 is 15.3 Å². The summed E-state index contributed by atoms with van der Waals surface area (Å²) in [4.78, 5) is 13.0. The van der Waals surface area contributed by atoms with Gasteiger partial charge in [-0.05, 0) is 12.8 Å². The van der Waals surface area contributed by atoms with Crippen LogP contribution in [-0.2, 0) is 4.79 Å². The topological polar surface area (TPSA) is 52.6 Å². The van der Waals surface area contributed by atoms with Crippen molar-refractivity contribution in [3.8, 4) is 0 Å². The average molecular weight is 202 g/mol. The van der Waals surface area contributed by atoms with Crippen molar-refractivity contribution in [3.63, 3.8) is 0 Å². The second kappa shape index (κ2) is 6.79. The summed E-state index contributed by atoms with van der Waals surface area (Å²) in [5.41, 5.74) is 0. The molecule has 0 fully saturated rings. The molecule has 1 atom stereocenters. The number of amides is 1. The molecular weight excluding hydrogens is 180 g/mol. The molecular formula is C10H22N2O2. The molecule has 0 spiro atoms. The van der Waals surface area contributed by atoms with E-state index in [2.05, 4.69) is 5.32 Å². The Morgan fingerprint density at radius 2 is 2.07 bits per heavy atom. The summed E-state index contributed by atoms with van der Waals surface area (Å²) in [5, 5.41) is 12.4. The van der Waals surface area contributed by atoms with E-state index in [1.165, 1.54) is 0 Å². The molecule has 14 heavy (non-hydrogen) atoms. The molecule has 0 aromatic carbocycles. The highest BCUT2D eigenvalue weighted by molar-refractivity contribution is 5.77. The first kappa shape index (κ1) is 13.4. The number of hydrogen-bond acceptors (Lipinski definition) is 3. The van der Waals surface area contributed by atoms with E-state index >= 15 is 0 Å². The van der Waals surface area contributed by atoms with Crippen LogP contribution in [0, 0.1) is 5.92 Å². The van der Waals surface area contributed by atoms with Gasteiger partial charge in [0, 0.05) is 20.1 Å². The Hall–Kier alpha value is -0.610. The summed E-state index contributed by atoms with van der Waals surface area (Å²) in [5.74, 6) is 0.282. The third-order valence-corrected chi connectivity index (χ3v) is 2.30. The lowest BCUT2D eigenvalue weighted by molar-refractivity contribution is -0.128. The van der Waals surface area contributed by atoms with Crippen LogP contribution < -0.4 is 5.32 Å². The van der Waals surface area contributed by atoms with Crippen molar-refractivity contribution in [2.45, 2.75) is 26.9 Å². The molecule has 0 saturated heterocycles. The summed E-state index contributed by atoms with van der Waals surface area (Å²) in [6, 6.07) is 0. The van der Waals surface area contributed by atoms with Crippen LogP contribution in [-0.4, -0.2) is 48.7 Å². The van der Waals surface area contributed by atoms with E-state index in [0.29, 0.717) is 19.6 Å². The number of carbonyl (C=O) groups excluding carboxylic acids is 1. The van der Waals surface area contributed by atoms with Crippen molar-refractivity contribution in [2.24, 2.45) is 5.92 Å². The average Bonchev–Trinajstić information content (AvgIpc) is 2.15. The standard InChI is InChI=1S/C10H22N2O2/c1-5-12(4)10(14)7-11-6-9(13)8(2)3/h8-9,11,13H,5-7H2,1-4H3. The fraction of sp³-hybridized carbons (Fsp3) is 0.900. The second-order valence-corrected chi connectivity index (χ2v) is 3.85. The maximum atomic E-state index is 11.3. The van der Waals surface area contributed by atoms with Gasteiger partial charge in [-0.15, -0.1) is 0 Å². The van der Waals surface area contributed by atoms with Crippen LogP contribution in [0.15, 0.2) is 0 Å². The van der Waals surface area contributed by atoms with Crippen LogP contribution in [0.1, 0.15) is 20.8 Å². The van der Waals surface area contributed by atoms with Crippen molar-refractivity contribution < 1.29 is 9.90 Å². The molecule has 1 amide bonds. The minimum Gasteiger partial charge on any atom is -0.392 e. The fourth-order valence-electron chi connectivity index (χ4n) is 0.874. The highest BCUT2D eigenvalue weighted by Gasteiger charge is 2.10. The Kier molecular flexibility index (Phi) is 6.49. The highest BCUT2D eigenvalue weighted by atomic mass is 16.3. The van der Waals surface area contributed by atoms with E-state index in [-0.39, 0.29) is 17.9 Å². The SMILES string of the molecule is CCN(C)C(=O)CNCC(O)C(C)C. The number of carbonyl (C=O) groups is 1. The largest absolute Gasteiger partial charge is 0.392 e. The van der Waals surface area contributed by atoms with Gasteiger partial charge in [0.05, 0.1) is 12.6 Å². The lowest BCUT2D eigenvalue weighted by atomic mass is 10.1. The van der Waals surface area contributed by atoms with E-state index in [9.17, 15) is 9.90 Å². The van der Waals surface area contributed by atoms with Crippen molar-refractivity contribution in [1.82, 2.24) is 10.2 Å². The molecule has 0 aliphatic carbocycles. The van der Waals surface area contributed by atoms with Gasteiger partial charge in [-0.25, -0.2) is 0 Å². The van der Waals surface area contributed by atoms with E-state index in [0.717, 1.165) is 0 Å². The van der Waals surface area contributed by atoms with Gasteiger partial charge in [-0.2, -0.15) is 0 Å². The predicted molar refractivity (Wildman–Crippen MR) is 57.0 cm³/mol. The molecule has 0 aromatic rings. The van der Waals surface area contributed by atoms with Crippen LogP contribution in [0.2, 0.25) is 0 Å². The van der Waals surface area contributed by atoms with Gasteiger partial charge in [0.2, 0.25) is 5.91 Å². The molecule has 84 valence electrons. The first-order valence-corrected chi connectivity index (χ1v) is 5.11. The van der Waals surface area contributed by atoms with Crippen LogP contribution in [0.5, 0.6) is 0 Å². The number of hydrogen-bond donors (Lipinski definition) is 2. The Labute approximate surface area is 86.3 Å². The third-order valence-electron chi connectivity index (χ3n) is 2.30. The van der Waals surface area contributed by atoms with E-state index in [1.54, 1.807) is 11.9 Å². The first-order chi connectivity index (χ1) is 6.49. The van der Waals surface area contributed by atoms with Gasteiger partial charge in [0.15, 0.2) is 0 Å². The minimum atomic E-state index is -0.380. The third kappa shape index (κ3) is 5.19. The Morgan fingerprint density at radius 3 is 2.50 bits per heavy atom. The molecule has 2 N–H and O–H groups in total. The van der Waals surface area contributed by atoms with Crippen molar-refractivity contribution in [1.29, 1.82) is 0 Å². The van der Waals surface area contributed by atoms with Crippen molar-refractivity contribution in [2.75, 3.05) is 26.7 Å². The number of aliphatic hydroxyl groups excluding tert-OH is 1. The van der Waals surface area contributed by atoms with E-state index < -0.39 is 0 Å². The monoisotopic (exact) mass is 202 g/mol. The molecule has 0 heterocycles. The molecule has 0 aliphatic heterocycles. The number of nitrogens with one attached hydrogen (secondary N) is 1. The number of nitrogens with zero attached hydrogens (tertiary/aromatic N) is 1. The van der Waals surface area contributed by atoms with E-state index in [1.807, 2.05) is 20.8 Å². The fourth-order valence-corrected chi connectivity index (χ4v) is 0.874. The van der Waals surface area contributed by atoms with Gasteiger partial charge in [-0.1, -0.05) is 13.8 Å². The molecule has 1 unspecified atom stereocenters. The molecule has 0 bridgehead atoms. The summed E-state index contributed by atoms with van der Waals surface area (Å²) in [6.45, 7) is 7.32. The zero-order valence-corrected chi connectivity index (χ0v) is 9.58. The van der Waals surface area contributed by atoms with E-state index in [4.69, 9.17) is 0 Å². The lowest BCUT2D eigenvalue weighted by Crippen LogP contribution is -2.39. The smallest absolute Gasteiger partial charge is 0.236 e.